The molecule has 1 rings (SSSR count). The zero-order chi connectivity index (χ0) is 24.7. The van der Waals surface area contributed by atoms with Crippen LogP contribution in [0.1, 0.15) is 26.2 Å². The molecule has 0 aromatic heterocycles. The van der Waals surface area contributed by atoms with E-state index in [9.17, 15) is 40.3 Å². The fraction of sp³-hybridized carbons (Fsp3) is 0.867. The van der Waals surface area contributed by atoms with Crippen molar-refractivity contribution in [3.8, 4) is 0 Å². The molecule has 0 saturated heterocycles. The van der Waals surface area contributed by atoms with Gasteiger partial charge in [0, 0.05) is 23.6 Å². The molecule has 17 heteroatoms. The fourth-order valence-electron chi connectivity index (χ4n) is 2.74. The molecule has 0 spiro atoms. The van der Waals surface area contributed by atoms with Crippen LogP contribution >= 0.6 is 25.3 Å². The number of rotatable bonds is 9. The fourth-order valence-corrected chi connectivity index (χ4v) is 3.35. The van der Waals surface area contributed by atoms with Crippen molar-refractivity contribution in [3.05, 3.63) is 0 Å². The first-order chi connectivity index (χ1) is 14.6. The van der Waals surface area contributed by atoms with Gasteiger partial charge in [0.05, 0.1) is 0 Å². The van der Waals surface area contributed by atoms with Crippen LogP contribution in [0.25, 0.3) is 0 Å². The van der Waals surface area contributed by atoms with Crippen molar-refractivity contribution in [1.82, 2.24) is 10.6 Å². The second-order valence-electron chi connectivity index (χ2n) is 6.74. The van der Waals surface area contributed by atoms with E-state index in [-0.39, 0.29) is 30.3 Å². The number of amides is 2. The van der Waals surface area contributed by atoms with Gasteiger partial charge in [-0.2, -0.15) is 34.7 Å². The highest BCUT2D eigenvalue weighted by Gasteiger charge is 2.55. The summed E-state index contributed by atoms with van der Waals surface area (Å²) in [6, 6.07) is -1.39. The number of thiol groups is 2. The Morgan fingerprint density at radius 3 is 2.06 bits per heavy atom. The Morgan fingerprint density at radius 1 is 0.938 bits per heavy atom. The SMILES string of the molecule is CC1CCC(NC(=O)OC(F)(F)OC(F)(F)OC(F)(F)F)CC1NC(=O)OC(CS)CS. The summed E-state index contributed by atoms with van der Waals surface area (Å²) in [5.74, 6) is 0.345. The number of nitrogens with one attached hydrogen (secondary N) is 2. The van der Waals surface area contributed by atoms with Crippen molar-refractivity contribution in [2.75, 3.05) is 11.5 Å². The minimum atomic E-state index is -6.00. The molecule has 2 N–H and O–H groups in total. The molecule has 0 heterocycles. The second-order valence-corrected chi connectivity index (χ2v) is 7.47. The predicted octanol–water partition coefficient (Wildman–Crippen LogP) is 3.88. The smallest absolute Gasteiger partial charge is 0.445 e. The molecule has 1 aliphatic carbocycles. The number of hydrogen-bond donors (Lipinski definition) is 4. The van der Waals surface area contributed by atoms with Gasteiger partial charge in [0.25, 0.3) is 0 Å². The van der Waals surface area contributed by atoms with E-state index in [4.69, 9.17) is 4.74 Å². The zero-order valence-corrected chi connectivity index (χ0v) is 18.1. The third-order valence-corrected chi connectivity index (χ3v) is 5.00. The van der Waals surface area contributed by atoms with E-state index in [2.05, 4.69) is 44.8 Å². The van der Waals surface area contributed by atoms with Gasteiger partial charge in [-0.3, -0.25) is 0 Å². The van der Waals surface area contributed by atoms with Crippen LogP contribution in [0, 0.1) is 5.92 Å². The average Bonchev–Trinajstić information content (AvgIpc) is 2.58. The minimum absolute atomic E-state index is 0.0392. The molecule has 3 unspecified atom stereocenters. The first-order valence-corrected chi connectivity index (χ1v) is 10.2. The van der Waals surface area contributed by atoms with Gasteiger partial charge in [-0.1, -0.05) is 6.92 Å². The third-order valence-electron chi connectivity index (χ3n) is 4.19. The van der Waals surface area contributed by atoms with E-state index in [0.29, 0.717) is 6.42 Å². The minimum Gasteiger partial charge on any atom is -0.445 e. The lowest BCUT2D eigenvalue weighted by Crippen LogP contribution is -2.51. The van der Waals surface area contributed by atoms with E-state index in [1.807, 2.05) is 5.32 Å². The van der Waals surface area contributed by atoms with Crippen LogP contribution < -0.4 is 10.6 Å². The van der Waals surface area contributed by atoms with Gasteiger partial charge in [-0.15, -0.1) is 30.7 Å². The van der Waals surface area contributed by atoms with E-state index in [1.165, 1.54) is 0 Å². The molecule has 8 nitrogen and oxygen atoms in total. The van der Waals surface area contributed by atoms with Crippen LogP contribution in [0.3, 0.4) is 0 Å². The summed E-state index contributed by atoms with van der Waals surface area (Å²) in [4.78, 5) is 23.5. The summed E-state index contributed by atoms with van der Waals surface area (Å²) < 4.78 is 100. The number of carbonyl (C=O) groups excluding carboxylic acids is 2. The molecule has 0 aliphatic heterocycles. The Balaban J connectivity index is 2.60. The average molecular weight is 522 g/mol. The summed E-state index contributed by atoms with van der Waals surface area (Å²) in [6.45, 7) is 1.78. The maximum atomic E-state index is 13.3. The molecule has 1 aliphatic rings. The van der Waals surface area contributed by atoms with Gasteiger partial charge in [-0.25, -0.2) is 9.59 Å². The number of carbonyl (C=O) groups is 2. The third kappa shape index (κ3) is 11.0. The lowest BCUT2D eigenvalue weighted by atomic mass is 9.83. The normalized spacial score (nSPS) is 22.4. The van der Waals surface area contributed by atoms with Crippen LogP contribution in [0.4, 0.5) is 40.3 Å². The number of alkyl carbamates (subject to hydrolysis) is 2. The van der Waals surface area contributed by atoms with Crippen molar-refractivity contribution in [1.29, 1.82) is 0 Å². The Bertz CT molecular complexity index is 640. The molecule has 3 atom stereocenters. The molecule has 0 bridgehead atoms. The first-order valence-electron chi connectivity index (χ1n) is 8.97. The molecule has 0 aromatic carbocycles. The highest BCUT2D eigenvalue weighted by molar-refractivity contribution is 7.81. The lowest BCUT2D eigenvalue weighted by molar-refractivity contribution is -0.559. The summed E-state index contributed by atoms with van der Waals surface area (Å²) in [5, 5.41) is 4.51. The number of alkyl halides is 7. The van der Waals surface area contributed by atoms with Gasteiger partial charge in [0.15, 0.2) is 0 Å². The zero-order valence-electron chi connectivity index (χ0n) is 16.3. The van der Waals surface area contributed by atoms with Gasteiger partial charge >= 0.3 is 31.1 Å². The highest BCUT2D eigenvalue weighted by atomic mass is 32.1. The molecule has 0 aromatic rings. The topological polar surface area (TPSA) is 95.1 Å². The van der Waals surface area contributed by atoms with Gasteiger partial charge in [0.2, 0.25) is 0 Å². The maximum Gasteiger partial charge on any atom is 0.545 e. The van der Waals surface area contributed by atoms with Crippen LogP contribution in [0.2, 0.25) is 0 Å². The molecule has 32 heavy (non-hydrogen) atoms. The monoisotopic (exact) mass is 522 g/mol. The van der Waals surface area contributed by atoms with Crippen LogP contribution in [0.5, 0.6) is 0 Å². The standard InChI is InChI=1S/C15H21F7N2O6S2/c1-7-2-3-8(4-10(7)24-11(25)27-9(5-31)6-32)23-12(26)28-14(19,20)30-15(21,22)29-13(16,17)18/h7-10,31-32H,2-6H2,1H3,(H,23,26)(H,24,25). The van der Waals surface area contributed by atoms with Gasteiger partial charge in [-0.05, 0) is 25.2 Å². The molecule has 1 fully saturated rings. The number of ether oxygens (including phenoxy) is 4. The highest BCUT2D eigenvalue weighted by Crippen LogP contribution is 2.34. The largest absolute Gasteiger partial charge is 0.545 e. The van der Waals surface area contributed by atoms with Crippen LogP contribution in [-0.4, -0.2) is 60.8 Å². The quantitative estimate of drug-likeness (QED) is 0.209. The van der Waals surface area contributed by atoms with Crippen molar-refractivity contribution in [3.63, 3.8) is 0 Å². The van der Waals surface area contributed by atoms with Crippen LogP contribution in [-0.2, 0) is 18.9 Å². The second kappa shape index (κ2) is 11.7. The predicted molar refractivity (Wildman–Crippen MR) is 99.4 cm³/mol. The molecular formula is C15H21F7N2O6S2. The summed E-state index contributed by atoms with van der Waals surface area (Å²) in [6.07, 6.45) is -19.9. The molecule has 2 amide bonds. The summed E-state index contributed by atoms with van der Waals surface area (Å²) in [5.41, 5.74) is 0. The number of hydrogen-bond acceptors (Lipinski definition) is 8. The van der Waals surface area contributed by atoms with E-state index < -0.39 is 49.3 Å². The van der Waals surface area contributed by atoms with Gasteiger partial charge in [0.1, 0.15) is 6.10 Å². The lowest BCUT2D eigenvalue weighted by Gasteiger charge is -2.35. The molecular weight excluding hydrogens is 501 g/mol. The van der Waals surface area contributed by atoms with Crippen molar-refractivity contribution >= 4 is 37.4 Å². The Labute approximate surface area is 188 Å². The molecule has 188 valence electrons. The Kier molecular flexibility index (Phi) is 10.5. The van der Waals surface area contributed by atoms with Crippen molar-refractivity contribution in [2.45, 2.75) is 63.3 Å². The van der Waals surface area contributed by atoms with Gasteiger partial charge < -0.3 is 20.1 Å². The van der Waals surface area contributed by atoms with E-state index >= 15 is 0 Å². The molecule has 1 saturated carbocycles. The Hall–Kier alpha value is -1.33. The van der Waals surface area contributed by atoms with Crippen molar-refractivity contribution < 1.29 is 59.3 Å². The molecule has 0 radical (unpaired) electrons. The Morgan fingerprint density at radius 2 is 1.53 bits per heavy atom. The summed E-state index contributed by atoms with van der Waals surface area (Å²) >= 11 is 7.98. The van der Waals surface area contributed by atoms with Crippen molar-refractivity contribution in [2.24, 2.45) is 5.92 Å². The maximum absolute atomic E-state index is 13.3. The van der Waals surface area contributed by atoms with Crippen LogP contribution in [0.15, 0.2) is 0 Å². The summed E-state index contributed by atoms with van der Waals surface area (Å²) in [7, 11) is 0. The van der Waals surface area contributed by atoms with E-state index in [0.717, 1.165) is 0 Å². The first kappa shape index (κ1) is 28.7. The number of halogens is 7. The van der Waals surface area contributed by atoms with E-state index in [1.54, 1.807) is 6.92 Å².